The van der Waals surface area contributed by atoms with Crippen molar-refractivity contribution in [2.24, 2.45) is 11.8 Å². The highest BCUT2D eigenvalue weighted by Crippen LogP contribution is 2.43. The van der Waals surface area contributed by atoms with Gasteiger partial charge in [-0.25, -0.2) is 4.57 Å². The standard InChI is InChI=1S/C20H36ClN2O8PS/c1-10(21)14(17-15(24)16(25)18(20(30-17)33-2)31-32(27,28)29)23-19(26)13-6-5-12(7-8-22-13)9-11-3-4-11/h10-18,20,22,24-25H,3-9H2,1-2H3,(H,23,26)(H2,27,28,29)/t10-,12?,13-,14+,15+,16-,17+,18+,20+/m0/s1. The van der Waals surface area contributed by atoms with E-state index in [4.69, 9.17) is 26.1 Å². The second kappa shape index (κ2) is 11.9. The Kier molecular flexibility index (Phi) is 9.94. The number of hydrogen-bond donors (Lipinski definition) is 6. The zero-order valence-corrected chi connectivity index (χ0v) is 21.3. The summed E-state index contributed by atoms with van der Waals surface area (Å²) in [6.07, 6.45) is 2.41. The van der Waals surface area contributed by atoms with Gasteiger partial charge >= 0.3 is 7.82 Å². The maximum Gasteiger partial charge on any atom is 0.470 e. The number of ether oxygens (including phenoxy) is 1. The van der Waals surface area contributed by atoms with E-state index in [0.29, 0.717) is 12.3 Å². The van der Waals surface area contributed by atoms with Crippen LogP contribution in [-0.4, -0.2) is 86.0 Å². The van der Waals surface area contributed by atoms with Gasteiger partial charge in [0.25, 0.3) is 0 Å². The molecule has 0 bridgehead atoms. The average molecular weight is 531 g/mol. The van der Waals surface area contributed by atoms with Crippen LogP contribution >= 0.6 is 31.2 Å². The van der Waals surface area contributed by atoms with Gasteiger partial charge in [-0.2, -0.15) is 0 Å². The van der Waals surface area contributed by atoms with Crippen LogP contribution in [0.25, 0.3) is 0 Å². The Bertz CT molecular complexity index is 710. The molecule has 6 N–H and O–H groups in total. The van der Waals surface area contributed by atoms with E-state index in [-0.39, 0.29) is 11.9 Å². The number of halogens is 1. The zero-order chi connectivity index (χ0) is 24.3. The summed E-state index contributed by atoms with van der Waals surface area (Å²) in [4.78, 5) is 31.4. The number of thioether (sulfide) groups is 1. The largest absolute Gasteiger partial charge is 0.470 e. The smallest absolute Gasteiger partial charge is 0.388 e. The number of carbonyl (C=O) groups excluding carboxylic acids is 1. The van der Waals surface area contributed by atoms with Gasteiger partial charge in [0.2, 0.25) is 5.91 Å². The molecule has 2 aliphatic heterocycles. The molecular weight excluding hydrogens is 495 g/mol. The molecule has 13 heteroatoms. The predicted molar refractivity (Wildman–Crippen MR) is 125 cm³/mol. The summed E-state index contributed by atoms with van der Waals surface area (Å²) in [6, 6.07) is -1.23. The van der Waals surface area contributed by atoms with E-state index in [2.05, 4.69) is 15.2 Å². The lowest BCUT2D eigenvalue weighted by molar-refractivity contribution is -0.201. The first kappa shape index (κ1) is 27.6. The molecule has 0 radical (unpaired) electrons. The van der Waals surface area contributed by atoms with Crippen LogP contribution in [0.2, 0.25) is 0 Å². The van der Waals surface area contributed by atoms with Crippen molar-refractivity contribution in [3.63, 3.8) is 0 Å². The van der Waals surface area contributed by atoms with Gasteiger partial charge in [-0.05, 0) is 57.2 Å². The molecule has 0 aromatic carbocycles. The molecule has 0 aromatic heterocycles. The van der Waals surface area contributed by atoms with Crippen LogP contribution in [0, 0.1) is 11.8 Å². The van der Waals surface area contributed by atoms with Crippen LogP contribution in [0.1, 0.15) is 45.4 Å². The molecule has 1 amide bonds. The molecular formula is C20H36ClN2O8PS. The normalized spacial score (nSPS) is 37.7. The number of phosphoric ester groups is 1. The molecule has 33 heavy (non-hydrogen) atoms. The van der Waals surface area contributed by atoms with Gasteiger partial charge in [0, 0.05) is 0 Å². The molecule has 2 saturated heterocycles. The Morgan fingerprint density at radius 2 is 1.85 bits per heavy atom. The minimum atomic E-state index is -4.94. The molecule has 3 aliphatic rings. The van der Waals surface area contributed by atoms with E-state index >= 15 is 0 Å². The number of amides is 1. The molecule has 0 spiro atoms. The van der Waals surface area contributed by atoms with E-state index in [1.54, 1.807) is 13.2 Å². The van der Waals surface area contributed by atoms with Gasteiger partial charge in [-0.15, -0.1) is 23.4 Å². The SMILES string of the molecule is CS[C@H]1O[C@H]([C@H](NC(=O)[C@@H]2CCC(CC3CC3)CCN2)[C@H](C)Cl)[C@H](O)[C@H](O)[C@H]1OP(=O)(O)O. The van der Waals surface area contributed by atoms with Crippen molar-refractivity contribution in [3.05, 3.63) is 0 Å². The first-order chi connectivity index (χ1) is 15.5. The third-order valence-electron chi connectivity index (χ3n) is 6.72. The lowest BCUT2D eigenvalue weighted by atomic mass is 9.92. The van der Waals surface area contributed by atoms with Gasteiger partial charge in [-0.3, -0.25) is 9.32 Å². The van der Waals surface area contributed by atoms with Crippen molar-refractivity contribution in [1.29, 1.82) is 0 Å². The van der Waals surface area contributed by atoms with Crippen molar-refractivity contribution in [1.82, 2.24) is 10.6 Å². The summed E-state index contributed by atoms with van der Waals surface area (Å²) in [5.41, 5.74) is -0.991. The van der Waals surface area contributed by atoms with Crippen LogP contribution in [0.15, 0.2) is 0 Å². The molecule has 192 valence electrons. The summed E-state index contributed by atoms with van der Waals surface area (Å²) in [6.45, 7) is 2.40. The van der Waals surface area contributed by atoms with Gasteiger partial charge < -0.3 is 35.4 Å². The number of rotatable bonds is 9. The van der Waals surface area contributed by atoms with Gasteiger partial charge in [0.15, 0.2) is 0 Å². The van der Waals surface area contributed by atoms with Crippen LogP contribution in [0.5, 0.6) is 0 Å². The van der Waals surface area contributed by atoms with Crippen molar-refractivity contribution >= 4 is 37.1 Å². The third kappa shape index (κ3) is 7.77. The number of nitrogens with one attached hydrogen (secondary N) is 2. The molecule has 0 aromatic rings. The fourth-order valence-electron chi connectivity index (χ4n) is 4.74. The fourth-order valence-corrected chi connectivity index (χ4v) is 6.30. The maximum atomic E-state index is 13.1. The van der Waals surface area contributed by atoms with E-state index in [1.165, 1.54) is 19.3 Å². The van der Waals surface area contributed by atoms with E-state index in [0.717, 1.165) is 37.1 Å². The molecule has 9 atom stereocenters. The first-order valence-electron chi connectivity index (χ1n) is 11.5. The molecule has 1 aliphatic carbocycles. The Morgan fingerprint density at radius 3 is 2.42 bits per heavy atom. The zero-order valence-electron chi connectivity index (χ0n) is 18.9. The van der Waals surface area contributed by atoms with E-state index < -0.39 is 49.1 Å². The van der Waals surface area contributed by atoms with Crippen LogP contribution in [-0.2, 0) is 18.6 Å². The van der Waals surface area contributed by atoms with Crippen molar-refractivity contribution in [2.45, 2.75) is 92.8 Å². The molecule has 3 fully saturated rings. The van der Waals surface area contributed by atoms with Crippen molar-refractivity contribution in [3.8, 4) is 0 Å². The molecule has 3 rings (SSSR count). The van der Waals surface area contributed by atoms with Gasteiger partial charge in [0.05, 0.1) is 17.5 Å². The number of carbonyl (C=O) groups is 1. The summed E-state index contributed by atoms with van der Waals surface area (Å²) < 4.78 is 21.8. The number of aliphatic hydroxyl groups is 2. The Labute approximate surface area is 203 Å². The van der Waals surface area contributed by atoms with Crippen molar-refractivity contribution < 1.29 is 38.6 Å². The minimum absolute atomic E-state index is 0.251. The van der Waals surface area contributed by atoms with Crippen LogP contribution in [0.4, 0.5) is 0 Å². The minimum Gasteiger partial charge on any atom is -0.388 e. The first-order valence-corrected chi connectivity index (χ1v) is 14.7. The topological polar surface area (TPSA) is 158 Å². The number of hydrogen-bond acceptors (Lipinski definition) is 8. The summed E-state index contributed by atoms with van der Waals surface area (Å²) >= 11 is 7.42. The summed E-state index contributed by atoms with van der Waals surface area (Å²) in [5, 5.41) is 26.8. The second-order valence-corrected chi connectivity index (χ2v) is 12.2. The van der Waals surface area contributed by atoms with Crippen molar-refractivity contribution in [2.75, 3.05) is 12.8 Å². The Hall–Kier alpha value is 0.0600. The average Bonchev–Trinajstić information content (AvgIpc) is 3.57. The van der Waals surface area contributed by atoms with E-state index in [1.807, 2.05) is 0 Å². The summed E-state index contributed by atoms with van der Waals surface area (Å²) in [5.74, 6) is 1.22. The van der Waals surface area contributed by atoms with E-state index in [9.17, 15) is 19.6 Å². The van der Waals surface area contributed by atoms with Gasteiger partial charge in [0.1, 0.15) is 29.9 Å². The van der Waals surface area contributed by atoms with Crippen LogP contribution in [0.3, 0.4) is 0 Å². The highest BCUT2D eigenvalue weighted by molar-refractivity contribution is 7.99. The molecule has 1 unspecified atom stereocenters. The molecule has 1 saturated carbocycles. The quantitative estimate of drug-likeness (QED) is 0.187. The lowest BCUT2D eigenvalue weighted by Crippen LogP contribution is -2.65. The number of phosphoric acid groups is 1. The van der Waals surface area contributed by atoms with Gasteiger partial charge in [-0.1, -0.05) is 12.8 Å². The highest BCUT2D eigenvalue weighted by atomic mass is 35.5. The third-order valence-corrected chi connectivity index (χ3v) is 8.35. The Morgan fingerprint density at radius 1 is 1.21 bits per heavy atom. The fraction of sp³-hybridized carbons (Fsp3) is 0.950. The molecule has 10 nitrogen and oxygen atoms in total. The monoisotopic (exact) mass is 530 g/mol. The van der Waals surface area contributed by atoms with Crippen LogP contribution < -0.4 is 10.6 Å². The second-order valence-electron chi connectivity index (χ2n) is 9.38. The lowest BCUT2D eigenvalue weighted by Gasteiger charge is -2.45. The maximum absolute atomic E-state index is 13.1. The number of aliphatic hydroxyl groups excluding tert-OH is 2. The summed E-state index contributed by atoms with van der Waals surface area (Å²) in [7, 11) is -4.94. The highest BCUT2D eigenvalue weighted by Gasteiger charge is 2.51. The molecule has 2 heterocycles. The number of alkyl halides is 1. The predicted octanol–water partition coefficient (Wildman–Crippen LogP) is 0.944. The Balaban J connectivity index is 1.65.